The van der Waals surface area contributed by atoms with Crippen LogP contribution in [0.1, 0.15) is 16.7 Å². The van der Waals surface area contributed by atoms with Crippen LogP contribution in [0.4, 0.5) is 5.82 Å². The zero-order valence-corrected chi connectivity index (χ0v) is 14.4. The highest BCUT2D eigenvalue weighted by Gasteiger charge is 2.18. The number of anilines is 1. The van der Waals surface area contributed by atoms with Crippen LogP contribution in [0.25, 0.3) is 0 Å². The first-order chi connectivity index (χ1) is 11.5. The zero-order chi connectivity index (χ0) is 17.3. The van der Waals surface area contributed by atoms with Crippen LogP contribution >= 0.6 is 0 Å². The lowest BCUT2D eigenvalue weighted by Crippen LogP contribution is -2.44. The molecule has 2 heterocycles. The van der Waals surface area contributed by atoms with E-state index in [1.807, 2.05) is 13.8 Å². The Hall–Kier alpha value is -2.34. The van der Waals surface area contributed by atoms with Crippen LogP contribution < -0.4 is 16.1 Å². The van der Waals surface area contributed by atoms with Crippen LogP contribution in [0.5, 0.6) is 0 Å². The molecular formula is C18H23N3O3. The molecule has 0 saturated carbocycles. The molecule has 1 aromatic heterocycles. The van der Waals surface area contributed by atoms with Gasteiger partial charge in [-0.1, -0.05) is 29.3 Å². The largest absolute Gasteiger partial charge is 0.378 e. The van der Waals surface area contributed by atoms with Crippen molar-refractivity contribution in [2.75, 3.05) is 31.2 Å². The monoisotopic (exact) mass is 329 g/mol. The molecule has 2 aromatic rings. The van der Waals surface area contributed by atoms with E-state index in [2.05, 4.69) is 23.1 Å². The molecule has 0 N–H and O–H groups in total. The van der Waals surface area contributed by atoms with Crippen molar-refractivity contribution in [2.24, 2.45) is 7.05 Å². The zero-order valence-electron chi connectivity index (χ0n) is 14.4. The normalized spacial score (nSPS) is 14.9. The van der Waals surface area contributed by atoms with E-state index in [4.69, 9.17) is 4.74 Å². The third-order valence-corrected chi connectivity index (χ3v) is 4.33. The fourth-order valence-electron chi connectivity index (χ4n) is 3.20. The van der Waals surface area contributed by atoms with Gasteiger partial charge in [0.05, 0.1) is 19.8 Å². The van der Waals surface area contributed by atoms with Crippen molar-refractivity contribution in [3.8, 4) is 0 Å². The Labute approximate surface area is 140 Å². The highest BCUT2D eigenvalue weighted by atomic mass is 16.5. The first-order valence-corrected chi connectivity index (χ1v) is 8.16. The molecule has 0 unspecified atom stereocenters. The maximum absolute atomic E-state index is 12.7. The summed E-state index contributed by atoms with van der Waals surface area (Å²) in [5.41, 5.74) is 2.82. The predicted molar refractivity (Wildman–Crippen MR) is 94.0 cm³/mol. The highest BCUT2D eigenvalue weighted by molar-refractivity contribution is 5.40. The molecular weight excluding hydrogens is 306 g/mol. The smallest absolute Gasteiger partial charge is 0.332 e. The van der Waals surface area contributed by atoms with Crippen molar-refractivity contribution in [3.05, 3.63) is 61.8 Å². The lowest BCUT2D eigenvalue weighted by atomic mass is 10.1. The van der Waals surface area contributed by atoms with Crippen molar-refractivity contribution in [1.82, 2.24) is 9.13 Å². The lowest BCUT2D eigenvalue weighted by Gasteiger charge is -2.30. The molecule has 0 amide bonds. The van der Waals surface area contributed by atoms with Gasteiger partial charge in [-0.25, -0.2) is 4.79 Å². The summed E-state index contributed by atoms with van der Waals surface area (Å²) in [5, 5.41) is 0. The summed E-state index contributed by atoms with van der Waals surface area (Å²) in [4.78, 5) is 26.9. The third-order valence-electron chi connectivity index (χ3n) is 4.33. The van der Waals surface area contributed by atoms with E-state index in [1.54, 1.807) is 10.6 Å². The van der Waals surface area contributed by atoms with E-state index >= 15 is 0 Å². The van der Waals surface area contributed by atoms with Crippen molar-refractivity contribution in [1.29, 1.82) is 0 Å². The van der Waals surface area contributed by atoms with Crippen molar-refractivity contribution >= 4 is 5.82 Å². The van der Waals surface area contributed by atoms with E-state index < -0.39 is 0 Å². The van der Waals surface area contributed by atoms with E-state index in [0.29, 0.717) is 38.7 Å². The van der Waals surface area contributed by atoms with E-state index in [9.17, 15) is 9.59 Å². The number of aromatic nitrogens is 2. The molecule has 6 nitrogen and oxygen atoms in total. The SMILES string of the molecule is Cc1cc(C)cc(Cn2c(N3CCOCC3)cc(=O)n(C)c2=O)c1. The third kappa shape index (κ3) is 3.28. The summed E-state index contributed by atoms with van der Waals surface area (Å²) in [6.07, 6.45) is 0. The Morgan fingerprint density at radius 2 is 1.62 bits per heavy atom. The Kier molecular flexibility index (Phi) is 4.57. The minimum atomic E-state index is -0.289. The fraction of sp³-hybridized carbons (Fsp3) is 0.444. The Bertz CT molecular complexity index is 841. The summed E-state index contributed by atoms with van der Waals surface area (Å²) in [6, 6.07) is 7.81. The molecule has 0 spiro atoms. The summed E-state index contributed by atoms with van der Waals surface area (Å²) in [5.74, 6) is 0.672. The summed E-state index contributed by atoms with van der Waals surface area (Å²) < 4.78 is 8.22. The minimum absolute atomic E-state index is 0.279. The number of benzene rings is 1. The van der Waals surface area contributed by atoms with Crippen molar-refractivity contribution < 1.29 is 4.74 Å². The van der Waals surface area contributed by atoms with Gasteiger partial charge < -0.3 is 9.64 Å². The van der Waals surface area contributed by atoms with Crippen molar-refractivity contribution in [2.45, 2.75) is 20.4 Å². The van der Waals surface area contributed by atoms with Gasteiger partial charge in [0.15, 0.2) is 0 Å². The first-order valence-electron chi connectivity index (χ1n) is 8.16. The minimum Gasteiger partial charge on any atom is -0.378 e. The topological polar surface area (TPSA) is 56.5 Å². The van der Waals surface area contributed by atoms with Crippen molar-refractivity contribution in [3.63, 3.8) is 0 Å². The molecule has 1 fully saturated rings. The maximum Gasteiger partial charge on any atom is 0.332 e. The number of rotatable bonds is 3. The number of ether oxygens (including phenoxy) is 1. The lowest BCUT2D eigenvalue weighted by molar-refractivity contribution is 0.122. The number of hydrogen-bond acceptors (Lipinski definition) is 4. The average molecular weight is 329 g/mol. The number of morpholine rings is 1. The summed E-state index contributed by atoms with van der Waals surface area (Å²) >= 11 is 0. The molecule has 3 rings (SSSR count). The molecule has 0 bridgehead atoms. The quantitative estimate of drug-likeness (QED) is 0.845. The average Bonchev–Trinajstić information content (AvgIpc) is 2.55. The second-order valence-corrected chi connectivity index (χ2v) is 6.36. The van der Waals surface area contributed by atoms with Gasteiger partial charge in [0.25, 0.3) is 5.56 Å². The first kappa shape index (κ1) is 16.5. The molecule has 1 saturated heterocycles. The summed E-state index contributed by atoms with van der Waals surface area (Å²) in [6.45, 7) is 7.10. The molecule has 1 aromatic carbocycles. The molecule has 0 atom stereocenters. The van der Waals surface area contributed by atoms with Gasteiger partial charge in [-0.3, -0.25) is 13.9 Å². The van der Waals surface area contributed by atoms with Crippen LogP contribution in [0.3, 0.4) is 0 Å². The number of hydrogen-bond donors (Lipinski definition) is 0. The summed E-state index contributed by atoms with van der Waals surface area (Å²) in [7, 11) is 1.52. The Morgan fingerprint density at radius 1 is 1.00 bits per heavy atom. The van der Waals surface area contributed by atoms with Gasteiger partial charge in [-0.05, 0) is 19.4 Å². The predicted octanol–water partition coefficient (Wildman–Crippen LogP) is 1.05. The molecule has 24 heavy (non-hydrogen) atoms. The number of nitrogens with zero attached hydrogens (tertiary/aromatic N) is 3. The van der Waals surface area contributed by atoms with E-state index in [0.717, 1.165) is 21.3 Å². The molecule has 0 aliphatic carbocycles. The molecule has 6 heteroatoms. The Balaban J connectivity index is 2.09. The van der Waals surface area contributed by atoms with Gasteiger partial charge in [0, 0.05) is 26.2 Å². The van der Waals surface area contributed by atoms with Crippen LogP contribution in [-0.4, -0.2) is 35.4 Å². The van der Waals surface area contributed by atoms with Crippen LogP contribution in [0, 0.1) is 13.8 Å². The second kappa shape index (κ2) is 6.65. The maximum atomic E-state index is 12.7. The Morgan fingerprint density at radius 3 is 2.25 bits per heavy atom. The molecule has 0 radical (unpaired) electrons. The van der Waals surface area contributed by atoms with Crippen LogP contribution in [0.15, 0.2) is 33.9 Å². The highest BCUT2D eigenvalue weighted by Crippen LogP contribution is 2.16. The van der Waals surface area contributed by atoms with Crippen LogP contribution in [-0.2, 0) is 18.3 Å². The molecule has 128 valence electrons. The molecule has 1 aliphatic rings. The fourth-order valence-corrected chi connectivity index (χ4v) is 3.20. The number of aryl methyl sites for hydroxylation is 2. The standard InChI is InChI=1S/C18H23N3O3/c1-13-8-14(2)10-15(9-13)12-21-16(20-4-6-24-7-5-20)11-17(22)19(3)18(21)23/h8-11H,4-7,12H2,1-3H3. The van der Waals surface area contributed by atoms with Gasteiger partial charge in [0.1, 0.15) is 5.82 Å². The van der Waals surface area contributed by atoms with Gasteiger partial charge in [-0.15, -0.1) is 0 Å². The van der Waals surface area contributed by atoms with E-state index in [1.165, 1.54) is 7.05 Å². The van der Waals surface area contributed by atoms with Crippen LogP contribution in [0.2, 0.25) is 0 Å². The van der Waals surface area contributed by atoms with Gasteiger partial charge >= 0.3 is 5.69 Å². The second-order valence-electron chi connectivity index (χ2n) is 6.36. The molecule has 1 aliphatic heterocycles. The van der Waals surface area contributed by atoms with Gasteiger partial charge in [0.2, 0.25) is 0 Å². The van der Waals surface area contributed by atoms with Gasteiger partial charge in [-0.2, -0.15) is 0 Å². The van der Waals surface area contributed by atoms with E-state index in [-0.39, 0.29) is 11.2 Å².